The Bertz CT molecular complexity index is 339. The lowest BCUT2D eigenvalue weighted by Crippen LogP contribution is -2.59. The fourth-order valence-corrected chi connectivity index (χ4v) is 2.63. The molecule has 22 heavy (non-hydrogen) atoms. The minimum Gasteiger partial charge on any atom is -0.300 e. The third-order valence-corrected chi connectivity index (χ3v) is 4.28. The molecule has 0 aromatic heterocycles. The molecule has 0 saturated carbocycles. The van der Waals surface area contributed by atoms with Crippen LogP contribution in [0.1, 0.15) is 54.4 Å². The van der Waals surface area contributed by atoms with Crippen LogP contribution < -0.4 is 0 Å². The predicted octanol–water partition coefficient (Wildman–Crippen LogP) is 4.41. The number of rotatable bonds is 4. The summed E-state index contributed by atoms with van der Waals surface area (Å²) in [6.45, 7) is 15.3. The Labute approximate surface area is 134 Å². The molecule has 1 heterocycles. The van der Waals surface area contributed by atoms with Crippen LogP contribution in [0.5, 0.6) is 0 Å². The van der Waals surface area contributed by atoms with Gasteiger partial charge in [0.15, 0.2) is 0 Å². The molecule has 1 atom stereocenters. The first kappa shape index (κ1) is 19.8. The van der Waals surface area contributed by atoms with E-state index in [0.717, 1.165) is 25.9 Å². The van der Waals surface area contributed by atoms with Crippen LogP contribution in [0.4, 0.5) is 13.2 Å². The van der Waals surface area contributed by atoms with Crippen molar-refractivity contribution >= 4 is 0 Å². The highest BCUT2D eigenvalue weighted by Gasteiger charge is 2.46. The second kappa shape index (κ2) is 7.08. The fourth-order valence-electron chi connectivity index (χ4n) is 2.63. The maximum absolute atomic E-state index is 13.4. The molecule has 0 N–H and O–H groups in total. The maximum atomic E-state index is 13.4. The van der Waals surface area contributed by atoms with Gasteiger partial charge in [0.1, 0.15) is 6.04 Å². The molecule has 1 unspecified atom stereocenters. The summed E-state index contributed by atoms with van der Waals surface area (Å²) >= 11 is 0. The van der Waals surface area contributed by atoms with Crippen LogP contribution in [0.25, 0.3) is 0 Å². The topological polar surface area (TPSA) is 6.48 Å². The minimum absolute atomic E-state index is 0.0690. The number of nitrogens with zero attached hydrogens (tertiary/aromatic N) is 2. The molecular weight excluding hydrogens is 289 g/mol. The number of alkyl halides is 3. The highest BCUT2D eigenvalue weighted by atomic mass is 19.4. The first-order chi connectivity index (χ1) is 9.78. The van der Waals surface area contributed by atoms with Crippen molar-refractivity contribution < 1.29 is 13.2 Å². The Morgan fingerprint density at radius 2 is 1.32 bits per heavy atom. The van der Waals surface area contributed by atoms with Gasteiger partial charge in [0.2, 0.25) is 0 Å². The Balaban J connectivity index is 2.63. The fraction of sp³-hybridized carbons (Fsp3) is 1.00. The minimum atomic E-state index is -4.14. The molecule has 1 aliphatic rings. The van der Waals surface area contributed by atoms with Gasteiger partial charge in [0.25, 0.3) is 0 Å². The summed E-state index contributed by atoms with van der Waals surface area (Å²) in [6.07, 6.45) is -2.42. The molecule has 1 rings (SSSR count). The van der Waals surface area contributed by atoms with E-state index in [1.165, 1.54) is 0 Å². The molecule has 0 aromatic carbocycles. The van der Waals surface area contributed by atoms with E-state index in [4.69, 9.17) is 0 Å². The molecule has 0 aliphatic carbocycles. The Morgan fingerprint density at radius 3 is 1.77 bits per heavy atom. The molecule has 2 nitrogen and oxygen atoms in total. The van der Waals surface area contributed by atoms with Crippen LogP contribution in [0.15, 0.2) is 0 Å². The first-order valence-electron chi connectivity index (χ1n) is 8.31. The highest BCUT2D eigenvalue weighted by Crippen LogP contribution is 2.30. The van der Waals surface area contributed by atoms with Gasteiger partial charge in [-0.25, -0.2) is 0 Å². The van der Waals surface area contributed by atoms with E-state index in [0.29, 0.717) is 13.1 Å². The molecule has 1 fully saturated rings. The van der Waals surface area contributed by atoms with E-state index in [9.17, 15) is 13.2 Å². The number of piperazine rings is 1. The van der Waals surface area contributed by atoms with Crippen molar-refractivity contribution in [3.05, 3.63) is 0 Å². The smallest absolute Gasteiger partial charge is 0.300 e. The van der Waals surface area contributed by atoms with Crippen molar-refractivity contribution in [3.8, 4) is 0 Å². The van der Waals surface area contributed by atoms with Gasteiger partial charge in [-0.3, -0.25) is 4.90 Å². The van der Waals surface area contributed by atoms with Gasteiger partial charge in [-0.1, -0.05) is 41.5 Å². The van der Waals surface area contributed by atoms with Crippen LogP contribution in [0.3, 0.4) is 0 Å². The lowest BCUT2D eigenvalue weighted by atomic mass is 9.91. The van der Waals surface area contributed by atoms with Gasteiger partial charge in [0.05, 0.1) is 0 Å². The zero-order valence-electron chi connectivity index (χ0n) is 15.1. The molecule has 0 aromatic rings. The van der Waals surface area contributed by atoms with Crippen LogP contribution in [0, 0.1) is 10.8 Å². The van der Waals surface area contributed by atoms with Crippen molar-refractivity contribution in [2.45, 2.75) is 66.6 Å². The summed E-state index contributed by atoms with van der Waals surface area (Å²) in [6, 6.07) is -1.32. The van der Waals surface area contributed by atoms with Crippen molar-refractivity contribution in [2.24, 2.45) is 10.8 Å². The normalized spacial score (nSPS) is 23.0. The molecule has 0 radical (unpaired) electrons. The van der Waals surface area contributed by atoms with Gasteiger partial charge in [-0.2, -0.15) is 13.2 Å². The summed E-state index contributed by atoms with van der Waals surface area (Å²) in [5.74, 6) is 0. The van der Waals surface area contributed by atoms with Crippen LogP contribution in [-0.4, -0.2) is 54.7 Å². The summed E-state index contributed by atoms with van der Waals surface area (Å²) in [4.78, 5) is 3.62. The second-order valence-corrected chi connectivity index (χ2v) is 9.02. The molecule has 0 bridgehead atoms. The first-order valence-corrected chi connectivity index (χ1v) is 8.31. The van der Waals surface area contributed by atoms with Crippen LogP contribution in [0.2, 0.25) is 0 Å². The SMILES string of the molecule is CC(C)(C)CCN1CCN(CCC(C)(C)C)C(C(F)(F)F)C1. The van der Waals surface area contributed by atoms with Gasteiger partial charge >= 0.3 is 6.18 Å². The third kappa shape index (κ3) is 7.32. The summed E-state index contributed by atoms with van der Waals surface area (Å²) < 4.78 is 40.2. The van der Waals surface area contributed by atoms with E-state index in [-0.39, 0.29) is 17.4 Å². The Hall–Kier alpha value is -0.290. The monoisotopic (exact) mass is 322 g/mol. The predicted molar refractivity (Wildman–Crippen MR) is 86.0 cm³/mol. The molecule has 1 aliphatic heterocycles. The molecule has 1 saturated heterocycles. The quantitative estimate of drug-likeness (QED) is 0.756. The second-order valence-electron chi connectivity index (χ2n) is 9.02. The lowest BCUT2D eigenvalue weighted by molar-refractivity contribution is -0.198. The summed E-state index contributed by atoms with van der Waals surface area (Å²) in [5.41, 5.74) is 0.233. The zero-order chi connectivity index (χ0) is 17.2. The average Bonchev–Trinajstić information content (AvgIpc) is 2.31. The van der Waals surface area contributed by atoms with Crippen molar-refractivity contribution in [1.82, 2.24) is 9.80 Å². The largest absolute Gasteiger partial charge is 0.405 e. The van der Waals surface area contributed by atoms with Gasteiger partial charge < -0.3 is 4.90 Å². The Morgan fingerprint density at radius 1 is 0.818 bits per heavy atom. The van der Waals surface area contributed by atoms with Gasteiger partial charge in [0, 0.05) is 19.6 Å². The maximum Gasteiger partial charge on any atom is 0.405 e. The summed E-state index contributed by atoms with van der Waals surface area (Å²) in [5, 5.41) is 0. The molecular formula is C17H33F3N2. The van der Waals surface area contributed by atoms with Crippen molar-refractivity contribution in [2.75, 3.05) is 32.7 Å². The van der Waals surface area contributed by atoms with Gasteiger partial charge in [-0.05, 0) is 36.8 Å². The molecule has 5 heteroatoms. The molecule has 0 spiro atoms. The molecule has 0 amide bonds. The van der Waals surface area contributed by atoms with E-state index >= 15 is 0 Å². The van der Waals surface area contributed by atoms with Crippen LogP contribution >= 0.6 is 0 Å². The van der Waals surface area contributed by atoms with E-state index in [1.54, 1.807) is 4.90 Å². The highest BCUT2D eigenvalue weighted by molar-refractivity contribution is 4.88. The van der Waals surface area contributed by atoms with Gasteiger partial charge in [-0.15, -0.1) is 0 Å². The van der Waals surface area contributed by atoms with E-state index in [1.807, 2.05) is 4.90 Å². The van der Waals surface area contributed by atoms with Crippen molar-refractivity contribution in [1.29, 1.82) is 0 Å². The average molecular weight is 322 g/mol. The number of hydrogen-bond acceptors (Lipinski definition) is 2. The number of halogens is 3. The Kier molecular flexibility index (Phi) is 6.36. The van der Waals surface area contributed by atoms with E-state index < -0.39 is 12.2 Å². The molecule has 132 valence electrons. The lowest BCUT2D eigenvalue weighted by Gasteiger charge is -2.43. The standard InChI is InChI=1S/C17H33F3N2/c1-15(2,3)7-9-21-11-12-22(10-8-16(4,5)6)14(13-21)17(18,19)20/h14H,7-13H2,1-6H3. The summed E-state index contributed by atoms with van der Waals surface area (Å²) in [7, 11) is 0. The zero-order valence-corrected chi connectivity index (χ0v) is 15.1. The van der Waals surface area contributed by atoms with E-state index in [2.05, 4.69) is 41.5 Å². The number of hydrogen-bond donors (Lipinski definition) is 0. The van der Waals surface area contributed by atoms with Crippen molar-refractivity contribution in [3.63, 3.8) is 0 Å². The van der Waals surface area contributed by atoms with Crippen LogP contribution in [-0.2, 0) is 0 Å². The third-order valence-electron chi connectivity index (χ3n) is 4.28.